The molecular formula is C17H24BrClN2OS. The molecule has 2 aliphatic rings. The zero-order chi connectivity index (χ0) is 15.7. The van der Waals surface area contributed by atoms with Gasteiger partial charge in [-0.1, -0.05) is 15.9 Å². The number of hydrogen-bond donors (Lipinski definition) is 2. The highest BCUT2D eigenvalue weighted by atomic mass is 79.9. The fraction of sp³-hybridized carbons (Fsp3) is 0.588. The van der Waals surface area contributed by atoms with Gasteiger partial charge in [0.2, 0.25) is 5.91 Å². The maximum absolute atomic E-state index is 12.7. The van der Waals surface area contributed by atoms with E-state index in [1.807, 2.05) is 26.0 Å². The summed E-state index contributed by atoms with van der Waals surface area (Å²) in [4.78, 5) is 13.8. The lowest BCUT2D eigenvalue weighted by molar-refractivity contribution is -0.123. The Balaban J connectivity index is 0.00000192. The Labute approximate surface area is 157 Å². The first-order valence-corrected chi connectivity index (χ1v) is 9.55. The summed E-state index contributed by atoms with van der Waals surface area (Å²) in [7, 11) is 0. The van der Waals surface area contributed by atoms with Crippen molar-refractivity contribution in [1.29, 1.82) is 0 Å². The molecule has 2 fully saturated rings. The summed E-state index contributed by atoms with van der Waals surface area (Å²) in [5, 5.41) is 6.90. The molecular weight excluding hydrogens is 396 g/mol. The van der Waals surface area contributed by atoms with Crippen LogP contribution in [-0.2, 0) is 4.79 Å². The zero-order valence-corrected chi connectivity index (χ0v) is 16.7. The zero-order valence-electron chi connectivity index (χ0n) is 13.5. The highest BCUT2D eigenvalue weighted by molar-refractivity contribution is 9.10. The molecule has 2 aliphatic heterocycles. The smallest absolute Gasteiger partial charge is 0.236 e. The first-order valence-electron chi connectivity index (χ1n) is 7.94. The van der Waals surface area contributed by atoms with Gasteiger partial charge in [-0.3, -0.25) is 4.79 Å². The van der Waals surface area contributed by atoms with Crippen LogP contribution in [0, 0.1) is 0 Å². The standard InChI is InChI=1S/C17H23BrN2OS.ClH/c1-17(2,22-15-7-3-11(18)4-8-15)16(21)20-14-9-12-5-6-13(10-14)19-12;/h3-4,7-8,12-14,19H,5-6,9-10H2,1-2H3,(H,20,21);1H. The first kappa shape index (κ1) is 19.1. The molecule has 2 N–H and O–H groups in total. The van der Waals surface area contributed by atoms with Gasteiger partial charge < -0.3 is 10.6 Å². The van der Waals surface area contributed by atoms with Gasteiger partial charge in [-0.15, -0.1) is 24.2 Å². The van der Waals surface area contributed by atoms with E-state index in [0.717, 1.165) is 22.2 Å². The molecule has 2 saturated heterocycles. The average Bonchev–Trinajstić information content (AvgIpc) is 2.80. The van der Waals surface area contributed by atoms with Gasteiger partial charge in [0.25, 0.3) is 0 Å². The van der Waals surface area contributed by atoms with Crippen molar-refractivity contribution in [3.8, 4) is 0 Å². The van der Waals surface area contributed by atoms with Crippen molar-refractivity contribution >= 4 is 46.0 Å². The summed E-state index contributed by atoms with van der Waals surface area (Å²) in [6.45, 7) is 4.01. The maximum atomic E-state index is 12.7. The fourth-order valence-electron chi connectivity index (χ4n) is 3.38. The summed E-state index contributed by atoms with van der Waals surface area (Å²) in [6.07, 6.45) is 4.66. The normalized spacial score (nSPS) is 26.5. The molecule has 2 bridgehead atoms. The number of fused-ring (bicyclic) bond motifs is 2. The van der Waals surface area contributed by atoms with E-state index in [4.69, 9.17) is 0 Å². The Kier molecular flexibility index (Phi) is 6.45. The topological polar surface area (TPSA) is 41.1 Å². The van der Waals surface area contributed by atoms with E-state index < -0.39 is 4.75 Å². The van der Waals surface area contributed by atoms with E-state index in [1.165, 1.54) is 12.8 Å². The monoisotopic (exact) mass is 418 g/mol. The summed E-state index contributed by atoms with van der Waals surface area (Å²) in [5.74, 6) is 0.145. The number of halogens is 2. The molecule has 0 aliphatic carbocycles. The van der Waals surface area contributed by atoms with Crippen LogP contribution in [0.4, 0.5) is 0 Å². The third kappa shape index (κ3) is 4.88. The van der Waals surface area contributed by atoms with Gasteiger partial charge in [0.05, 0.1) is 4.75 Å². The molecule has 2 heterocycles. The molecule has 3 nitrogen and oxygen atoms in total. The van der Waals surface area contributed by atoms with E-state index in [1.54, 1.807) is 11.8 Å². The lowest BCUT2D eigenvalue weighted by Crippen LogP contribution is -2.51. The second-order valence-corrected chi connectivity index (χ2v) is 9.46. The third-order valence-corrected chi connectivity index (χ3v) is 6.27. The quantitative estimate of drug-likeness (QED) is 0.721. The molecule has 0 spiro atoms. The van der Waals surface area contributed by atoms with Crippen molar-refractivity contribution in [1.82, 2.24) is 10.6 Å². The maximum Gasteiger partial charge on any atom is 0.236 e. The van der Waals surface area contributed by atoms with Crippen LogP contribution in [0.2, 0.25) is 0 Å². The van der Waals surface area contributed by atoms with Gasteiger partial charge in [0.1, 0.15) is 0 Å². The Morgan fingerprint density at radius 3 is 2.35 bits per heavy atom. The molecule has 0 aromatic heterocycles. The number of hydrogen-bond acceptors (Lipinski definition) is 3. The molecule has 128 valence electrons. The van der Waals surface area contributed by atoms with Crippen LogP contribution >= 0.6 is 40.1 Å². The van der Waals surface area contributed by atoms with E-state index in [0.29, 0.717) is 18.1 Å². The van der Waals surface area contributed by atoms with Crippen molar-refractivity contribution < 1.29 is 4.79 Å². The van der Waals surface area contributed by atoms with Gasteiger partial charge in [-0.05, 0) is 63.8 Å². The van der Waals surface area contributed by atoms with Gasteiger partial charge in [0, 0.05) is 27.5 Å². The number of piperidine rings is 1. The van der Waals surface area contributed by atoms with Crippen molar-refractivity contribution in [3.63, 3.8) is 0 Å². The third-order valence-electron chi connectivity index (χ3n) is 4.54. The van der Waals surface area contributed by atoms with Crippen LogP contribution in [0.25, 0.3) is 0 Å². The lowest BCUT2D eigenvalue weighted by Gasteiger charge is -2.32. The Morgan fingerprint density at radius 1 is 1.22 bits per heavy atom. The summed E-state index contributed by atoms with van der Waals surface area (Å²) in [5.41, 5.74) is 0. The van der Waals surface area contributed by atoms with Crippen LogP contribution in [0.1, 0.15) is 39.5 Å². The number of nitrogens with one attached hydrogen (secondary N) is 2. The van der Waals surface area contributed by atoms with Gasteiger partial charge in [-0.25, -0.2) is 0 Å². The molecule has 23 heavy (non-hydrogen) atoms. The molecule has 1 aromatic rings. The minimum absolute atomic E-state index is 0. The second-order valence-electron chi connectivity index (χ2n) is 6.85. The summed E-state index contributed by atoms with van der Waals surface area (Å²) < 4.78 is 0.599. The van der Waals surface area contributed by atoms with Crippen LogP contribution in [0.3, 0.4) is 0 Å². The predicted octanol–water partition coefficient (Wildman–Crippen LogP) is 4.14. The van der Waals surface area contributed by atoms with Crippen LogP contribution in [-0.4, -0.2) is 28.8 Å². The second kappa shape index (κ2) is 7.77. The van der Waals surface area contributed by atoms with Crippen molar-refractivity contribution in [2.45, 2.75) is 67.3 Å². The summed E-state index contributed by atoms with van der Waals surface area (Å²) >= 11 is 5.06. The Bertz CT molecular complexity index is 540. The number of carbonyl (C=O) groups is 1. The highest BCUT2D eigenvalue weighted by Gasteiger charge is 2.36. The van der Waals surface area contributed by atoms with Gasteiger partial charge in [-0.2, -0.15) is 0 Å². The first-order chi connectivity index (χ1) is 10.4. The molecule has 0 radical (unpaired) electrons. The fourth-order valence-corrected chi connectivity index (χ4v) is 4.66. The molecule has 2 unspecified atom stereocenters. The highest BCUT2D eigenvalue weighted by Crippen LogP contribution is 2.34. The Morgan fingerprint density at radius 2 is 1.78 bits per heavy atom. The van der Waals surface area contributed by atoms with E-state index in [2.05, 4.69) is 38.7 Å². The minimum Gasteiger partial charge on any atom is -0.352 e. The number of amides is 1. The molecule has 1 amide bonds. The molecule has 0 saturated carbocycles. The van der Waals surface area contributed by atoms with Crippen LogP contribution in [0.5, 0.6) is 0 Å². The number of carbonyl (C=O) groups excluding carboxylic acids is 1. The van der Waals surface area contributed by atoms with Crippen molar-refractivity contribution in [2.24, 2.45) is 0 Å². The largest absolute Gasteiger partial charge is 0.352 e. The SMILES string of the molecule is CC(C)(Sc1ccc(Br)cc1)C(=O)NC1CC2CCC(C1)N2.Cl. The predicted molar refractivity (Wildman–Crippen MR) is 102 cm³/mol. The van der Waals surface area contributed by atoms with Crippen LogP contribution < -0.4 is 10.6 Å². The number of thioether (sulfide) groups is 1. The molecule has 2 atom stereocenters. The molecule has 3 rings (SSSR count). The average molecular weight is 420 g/mol. The minimum atomic E-state index is -0.461. The van der Waals surface area contributed by atoms with E-state index in [-0.39, 0.29) is 18.3 Å². The van der Waals surface area contributed by atoms with E-state index >= 15 is 0 Å². The molecule has 1 aromatic carbocycles. The number of rotatable bonds is 4. The molecule has 6 heteroatoms. The van der Waals surface area contributed by atoms with Crippen molar-refractivity contribution in [3.05, 3.63) is 28.7 Å². The van der Waals surface area contributed by atoms with Crippen molar-refractivity contribution in [2.75, 3.05) is 0 Å². The Hall–Kier alpha value is -0.230. The van der Waals surface area contributed by atoms with E-state index in [9.17, 15) is 4.79 Å². The number of benzene rings is 1. The van der Waals surface area contributed by atoms with Gasteiger partial charge >= 0.3 is 0 Å². The summed E-state index contributed by atoms with van der Waals surface area (Å²) in [6, 6.07) is 9.67. The lowest BCUT2D eigenvalue weighted by atomic mass is 9.99. The van der Waals surface area contributed by atoms with Gasteiger partial charge in [0.15, 0.2) is 0 Å². The van der Waals surface area contributed by atoms with Crippen LogP contribution in [0.15, 0.2) is 33.6 Å².